The number of hydrogen-bond donors (Lipinski definition) is 1. The highest BCUT2D eigenvalue weighted by Gasteiger charge is 2.61. The summed E-state index contributed by atoms with van der Waals surface area (Å²) in [6, 6.07) is 1.01. The van der Waals surface area contributed by atoms with Crippen LogP contribution in [0.15, 0.2) is 0 Å². The normalized spacial score (nSPS) is 45.8. The van der Waals surface area contributed by atoms with Crippen molar-refractivity contribution in [3.63, 3.8) is 0 Å². The Morgan fingerprint density at radius 3 is 2.32 bits per heavy atom. The van der Waals surface area contributed by atoms with Gasteiger partial charge >= 0.3 is 0 Å². The Hall–Kier alpha value is -0.120. The first kappa shape index (κ1) is 13.8. The summed E-state index contributed by atoms with van der Waals surface area (Å²) in [4.78, 5) is 0. The highest BCUT2D eigenvalue weighted by molar-refractivity contribution is 5.13. The molecular weight excluding hydrogens is 238 g/mol. The van der Waals surface area contributed by atoms with Crippen LogP contribution in [0.3, 0.4) is 0 Å². The van der Waals surface area contributed by atoms with Crippen LogP contribution in [0, 0.1) is 11.3 Å². The molecule has 0 bridgehead atoms. The molecule has 0 radical (unpaired) electrons. The molecule has 3 rings (SSSR count). The van der Waals surface area contributed by atoms with Crippen molar-refractivity contribution in [2.24, 2.45) is 11.3 Å². The first-order valence-electron chi connectivity index (χ1n) is 7.71. The first-order valence-corrected chi connectivity index (χ1v) is 7.71. The second kappa shape index (κ2) is 3.96. The lowest BCUT2D eigenvalue weighted by atomic mass is 9.57. The molecule has 4 unspecified atom stereocenters. The van der Waals surface area contributed by atoms with Gasteiger partial charge in [-0.2, -0.15) is 0 Å². The summed E-state index contributed by atoms with van der Waals surface area (Å²) in [7, 11) is 0. The molecule has 3 fully saturated rings. The summed E-state index contributed by atoms with van der Waals surface area (Å²) in [6.07, 6.45) is 2.76. The summed E-state index contributed by atoms with van der Waals surface area (Å²) in [5.74, 6) is 0.703. The maximum Gasteiger partial charge on any atom is 0.0787 e. The van der Waals surface area contributed by atoms with Gasteiger partial charge < -0.3 is 14.8 Å². The van der Waals surface area contributed by atoms with E-state index in [1.807, 2.05) is 0 Å². The topological polar surface area (TPSA) is 30.5 Å². The first-order chi connectivity index (χ1) is 8.63. The van der Waals surface area contributed by atoms with Crippen molar-refractivity contribution in [2.45, 2.75) is 83.8 Å². The van der Waals surface area contributed by atoms with Gasteiger partial charge in [0.25, 0.3) is 0 Å². The van der Waals surface area contributed by atoms with Gasteiger partial charge in [-0.05, 0) is 40.5 Å². The Bertz CT molecular complexity index is 367. The standard InChI is InChI=1S/C16H29NO2/c1-14(2)9-11(16(5,6)19-14)17-12-10-7-8-18-13(10)15(12,3)4/h10-13,17H,7-9H2,1-6H3. The molecule has 3 heteroatoms. The van der Waals surface area contributed by atoms with E-state index in [4.69, 9.17) is 9.47 Å². The minimum Gasteiger partial charge on any atom is -0.377 e. The van der Waals surface area contributed by atoms with Crippen LogP contribution in [-0.2, 0) is 9.47 Å². The van der Waals surface area contributed by atoms with Crippen LogP contribution >= 0.6 is 0 Å². The van der Waals surface area contributed by atoms with Crippen molar-refractivity contribution in [1.29, 1.82) is 0 Å². The molecule has 1 N–H and O–H groups in total. The largest absolute Gasteiger partial charge is 0.377 e. The van der Waals surface area contributed by atoms with E-state index in [0.717, 1.165) is 13.0 Å². The number of rotatable bonds is 2. The average molecular weight is 267 g/mol. The SMILES string of the molecule is CC1(C)CC(NC2C3CCOC3C2(C)C)C(C)(C)O1. The molecule has 2 aliphatic heterocycles. The maximum atomic E-state index is 6.20. The van der Waals surface area contributed by atoms with Gasteiger partial charge in [-0.15, -0.1) is 0 Å². The lowest BCUT2D eigenvalue weighted by molar-refractivity contribution is -0.122. The van der Waals surface area contributed by atoms with Crippen molar-refractivity contribution >= 4 is 0 Å². The zero-order valence-electron chi connectivity index (χ0n) is 13.2. The monoisotopic (exact) mass is 267 g/mol. The summed E-state index contributed by atoms with van der Waals surface area (Å²) < 4.78 is 12.1. The summed E-state index contributed by atoms with van der Waals surface area (Å²) in [6.45, 7) is 14.4. The van der Waals surface area contributed by atoms with Crippen LogP contribution in [0.1, 0.15) is 54.4 Å². The van der Waals surface area contributed by atoms with Crippen molar-refractivity contribution < 1.29 is 9.47 Å². The fourth-order valence-corrected chi connectivity index (χ4v) is 4.70. The van der Waals surface area contributed by atoms with Crippen LogP contribution in [0.25, 0.3) is 0 Å². The molecule has 1 aliphatic carbocycles. The van der Waals surface area contributed by atoms with E-state index in [-0.39, 0.29) is 16.6 Å². The molecule has 110 valence electrons. The quantitative estimate of drug-likeness (QED) is 0.834. The summed E-state index contributed by atoms with van der Waals surface area (Å²) in [5, 5.41) is 3.92. The highest BCUT2D eigenvalue weighted by Crippen LogP contribution is 2.53. The van der Waals surface area contributed by atoms with Gasteiger partial charge in [-0.25, -0.2) is 0 Å². The smallest absolute Gasteiger partial charge is 0.0787 e. The van der Waals surface area contributed by atoms with E-state index in [2.05, 4.69) is 46.9 Å². The number of fused-ring (bicyclic) bond motifs is 1. The number of ether oxygens (including phenoxy) is 2. The van der Waals surface area contributed by atoms with Crippen LogP contribution < -0.4 is 5.32 Å². The molecule has 0 aromatic rings. The number of nitrogens with one attached hydrogen (secondary N) is 1. The summed E-state index contributed by atoms with van der Waals surface area (Å²) in [5.41, 5.74) is 0.161. The third-order valence-electron chi connectivity index (χ3n) is 5.56. The van der Waals surface area contributed by atoms with Crippen molar-refractivity contribution in [2.75, 3.05) is 6.61 Å². The molecule has 0 amide bonds. The van der Waals surface area contributed by atoms with Gasteiger partial charge in [0.15, 0.2) is 0 Å². The van der Waals surface area contributed by atoms with E-state index in [0.29, 0.717) is 24.1 Å². The van der Waals surface area contributed by atoms with E-state index < -0.39 is 0 Å². The van der Waals surface area contributed by atoms with Gasteiger partial charge in [-0.3, -0.25) is 0 Å². The van der Waals surface area contributed by atoms with Crippen LogP contribution in [0.5, 0.6) is 0 Å². The number of hydrogen-bond acceptors (Lipinski definition) is 3. The molecule has 19 heavy (non-hydrogen) atoms. The molecule has 0 spiro atoms. The molecule has 2 saturated heterocycles. The zero-order chi connectivity index (χ0) is 14.1. The average Bonchev–Trinajstić information content (AvgIpc) is 2.75. The van der Waals surface area contributed by atoms with Gasteiger partial charge in [0, 0.05) is 30.0 Å². The molecule has 1 saturated carbocycles. The van der Waals surface area contributed by atoms with Gasteiger partial charge in [-0.1, -0.05) is 13.8 Å². The third-order valence-corrected chi connectivity index (χ3v) is 5.56. The Morgan fingerprint density at radius 2 is 1.74 bits per heavy atom. The van der Waals surface area contributed by atoms with E-state index in [9.17, 15) is 0 Å². The van der Waals surface area contributed by atoms with Gasteiger partial charge in [0.2, 0.25) is 0 Å². The fourth-order valence-electron chi connectivity index (χ4n) is 4.70. The minimum atomic E-state index is -0.0792. The molecule has 3 aliphatic rings. The lowest BCUT2D eigenvalue weighted by Crippen LogP contribution is -2.68. The molecule has 3 nitrogen and oxygen atoms in total. The van der Waals surface area contributed by atoms with Crippen molar-refractivity contribution in [1.82, 2.24) is 5.32 Å². The predicted octanol–water partition coefficient (Wildman–Crippen LogP) is 2.74. The lowest BCUT2D eigenvalue weighted by Gasteiger charge is -2.56. The zero-order valence-corrected chi connectivity index (χ0v) is 13.2. The van der Waals surface area contributed by atoms with E-state index in [1.54, 1.807) is 0 Å². The molecule has 4 atom stereocenters. The Morgan fingerprint density at radius 1 is 1.05 bits per heavy atom. The molecular formula is C16H29NO2. The highest BCUT2D eigenvalue weighted by atomic mass is 16.5. The van der Waals surface area contributed by atoms with Crippen molar-refractivity contribution in [3.8, 4) is 0 Å². The molecule has 2 heterocycles. The Balaban J connectivity index is 1.72. The molecule has 0 aromatic carbocycles. The second-order valence-corrected chi connectivity index (χ2v) is 8.43. The van der Waals surface area contributed by atoms with Crippen LogP contribution in [-0.4, -0.2) is 36.0 Å². The molecule has 0 aromatic heterocycles. The van der Waals surface area contributed by atoms with E-state index in [1.165, 1.54) is 6.42 Å². The van der Waals surface area contributed by atoms with Gasteiger partial charge in [0.05, 0.1) is 17.3 Å². The maximum absolute atomic E-state index is 6.20. The predicted molar refractivity (Wildman–Crippen MR) is 76.2 cm³/mol. The Labute approximate surface area is 117 Å². The Kier molecular flexibility index (Phi) is 2.88. The van der Waals surface area contributed by atoms with Crippen LogP contribution in [0.2, 0.25) is 0 Å². The second-order valence-electron chi connectivity index (χ2n) is 8.43. The summed E-state index contributed by atoms with van der Waals surface area (Å²) >= 11 is 0. The van der Waals surface area contributed by atoms with E-state index >= 15 is 0 Å². The van der Waals surface area contributed by atoms with Crippen LogP contribution in [0.4, 0.5) is 0 Å². The van der Waals surface area contributed by atoms with Gasteiger partial charge in [0.1, 0.15) is 0 Å². The minimum absolute atomic E-state index is 0.0133. The van der Waals surface area contributed by atoms with Crippen molar-refractivity contribution in [3.05, 3.63) is 0 Å². The fraction of sp³-hybridized carbons (Fsp3) is 1.00. The third kappa shape index (κ3) is 2.05.